The molecule has 1 rings (SSSR count). The zero-order chi connectivity index (χ0) is 13.8. The number of rotatable bonds is 5. The molecule has 1 aliphatic rings. The maximum atomic E-state index is 11.8. The van der Waals surface area contributed by atoms with Crippen LogP contribution >= 0.6 is 0 Å². The summed E-state index contributed by atoms with van der Waals surface area (Å²) in [5.74, 6) is 0.0575. The topological polar surface area (TPSA) is 87.5 Å². The zero-order valence-corrected chi connectivity index (χ0v) is 11.6. The first-order valence-corrected chi connectivity index (χ1v) is 7.91. The lowest BCUT2D eigenvalue weighted by molar-refractivity contribution is -0.145. The Hall–Kier alpha value is -1.11. The van der Waals surface area contributed by atoms with Crippen LogP contribution in [0.15, 0.2) is 0 Å². The van der Waals surface area contributed by atoms with Gasteiger partial charge in [-0.25, -0.2) is 4.21 Å². The lowest BCUT2D eigenvalue weighted by atomic mass is 10.2. The van der Waals surface area contributed by atoms with Crippen LogP contribution in [0.5, 0.6) is 0 Å². The van der Waals surface area contributed by atoms with Gasteiger partial charge < -0.3 is 9.64 Å². The minimum Gasteiger partial charge on any atom is -0.466 e. The SMILES string of the molecule is CCOC(=O)CCC(=O)N(C)C1CCS(=N)(=O)C1. The number of nitrogens with zero attached hydrogens (tertiary/aromatic N) is 1. The summed E-state index contributed by atoms with van der Waals surface area (Å²) in [5.41, 5.74) is 0. The summed E-state index contributed by atoms with van der Waals surface area (Å²) in [5, 5.41) is 0. The lowest BCUT2D eigenvalue weighted by Gasteiger charge is -2.23. The molecule has 0 aliphatic carbocycles. The Morgan fingerprint density at radius 3 is 2.61 bits per heavy atom. The first-order valence-electron chi connectivity index (χ1n) is 6.01. The molecular weight excluding hydrogens is 256 g/mol. The van der Waals surface area contributed by atoms with Gasteiger partial charge >= 0.3 is 5.97 Å². The summed E-state index contributed by atoms with van der Waals surface area (Å²) in [6, 6.07) is -0.135. The van der Waals surface area contributed by atoms with Crippen LogP contribution in [0.25, 0.3) is 0 Å². The molecule has 1 heterocycles. The van der Waals surface area contributed by atoms with Gasteiger partial charge in [-0.05, 0) is 13.3 Å². The Morgan fingerprint density at radius 2 is 2.11 bits per heavy atom. The molecule has 0 spiro atoms. The quantitative estimate of drug-likeness (QED) is 0.745. The molecule has 1 fully saturated rings. The molecule has 2 atom stereocenters. The molecule has 2 unspecified atom stereocenters. The highest BCUT2D eigenvalue weighted by molar-refractivity contribution is 7.92. The summed E-state index contributed by atoms with van der Waals surface area (Å²) in [7, 11) is -0.862. The van der Waals surface area contributed by atoms with Crippen molar-refractivity contribution < 1.29 is 18.5 Å². The second kappa shape index (κ2) is 6.17. The van der Waals surface area contributed by atoms with E-state index in [1.54, 1.807) is 14.0 Å². The van der Waals surface area contributed by atoms with Crippen LogP contribution in [0.2, 0.25) is 0 Å². The van der Waals surface area contributed by atoms with Crippen LogP contribution < -0.4 is 0 Å². The Morgan fingerprint density at radius 1 is 1.44 bits per heavy atom. The predicted molar refractivity (Wildman–Crippen MR) is 67.6 cm³/mol. The van der Waals surface area contributed by atoms with Gasteiger partial charge in [0.05, 0.1) is 18.8 Å². The Labute approximate surface area is 108 Å². The standard InChI is InChI=1S/C11H20N2O4S/c1-3-17-11(15)5-4-10(14)13(2)9-6-7-18(12,16)8-9/h9,12H,3-8H2,1-2H3. The predicted octanol–water partition coefficient (Wildman–Crippen LogP) is 0.607. The fourth-order valence-corrected chi connectivity index (χ4v) is 3.76. The smallest absolute Gasteiger partial charge is 0.306 e. The van der Waals surface area contributed by atoms with Gasteiger partial charge in [-0.15, -0.1) is 0 Å². The number of nitrogens with one attached hydrogen (secondary N) is 1. The van der Waals surface area contributed by atoms with Crippen molar-refractivity contribution in [3.8, 4) is 0 Å². The van der Waals surface area contributed by atoms with Crippen molar-refractivity contribution in [3.63, 3.8) is 0 Å². The van der Waals surface area contributed by atoms with E-state index < -0.39 is 9.73 Å². The molecule has 18 heavy (non-hydrogen) atoms. The van der Waals surface area contributed by atoms with E-state index in [0.717, 1.165) is 0 Å². The van der Waals surface area contributed by atoms with Crippen molar-refractivity contribution in [1.82, 2.24) is 4.90 Å². The minimum absolute atomic E-state index is 0.0694. The Bertz CT molecular complexity index is 419. The molecule has 1 saturated heterocycles. The first kappa shape index (κ1) is 14.9. The van der Waals surface area contributed by atoms with Gasteiger partial charge in [-0.1, -0.05) is 0 Å². The van der Waals surface area contributed by atoms with Gasteiger partial charge in [0.1, 0.15) is 0 Å². The highest BCUT2D eigenvalue weighted by atomic mass is 32.2. The molecule has 0 aromatic carbocycles. The van der Waals surface area contributed by atoms with E-state index in [9.17, 15) is 13.8 Å². The molecule has 0 saturated carbocycles. The molecule has 1 amide bonds. The number of carbonyl (C=O) groups is 2. The largest absolute Gasteiger partial charge is 0.466 e. The second-order valence-electron chi connectivity index (χ2n) is 4.43. The number of carbonyl (C=O) groups excluding carboxylic acids is 2. The maximum Gasteiger partial charge on any atom is 0.306 e. The molecular formula is C11H20N2O4S. The summed E-state index contributed by atoms with van der Waals surface area (Å²) in [6.07, 6.45) is 0.773. The van der Waals surface area contributed by atoms with Gasteiger partial charge in [0.2, 0.25) is 5.91 Å². The number of esters is 1. The molecule has 0 aromatic rings. The van der Waals surface area contributed by atoms with E-state index in [1.807, 2.05) is 0 Å². The molecule has 0 bridgehead atoms. The Balaban J connectivity index is 2.40. The summed E-state index contributed by atoms with van der Waals surface area (Å²) < 4.78 is 23.8. The summed E-state index contributed by atoms with van der Waals surface area (Å²) in [4.78, 5) is 24.5. The van der Waals surface area contributed by atoms with Crippen molar-refractivity contribution in [2.75, 3.05) is 25.2 Å². The molecule has 0 radical (unpaired) electrons. The van der Waals surface area contributed by atoms with E-state index >= 15 is 0 Å². The average Bonchev–Trinajstić information content (AvgIpc) is 2.66. The Kier molecular flexibility index (Phi) is 5.13. The van der Waals surface area contributed by atoms with Crippen molar-refractivity contribution in [3.05, 3.63) is 0 Å². The van der Waals surface area contributed by atoms with Crippen molar-refractivity contribution in [2.24, 2.45) is 0 Å². The fraction of sp³-hybridized carbons (Fsp3) is 0.818. The fourth-order valence-electron chi connectivity index (χ4n) is 1.93. The van der Waals surface area contributed by atoms with E-state index in [2.05, 4.69) is 0 Å². The first-order chi connectivity index (χ1) is 8.35. The molecule has 1 aliphatic heterocycles. The summed E-state index contributed by atoms with van der Waals surface area (Å²) >= 11 is 0. The lowest BCUT2D eigenvalue weighted by Crippen LogP contribution is -2.37. The van der Waals surface area contributed by atoms with Gasteiger partial charge in [-0.3, -0.25) is 14.4 Å². The third-order valence-electron chi connectivity index (χ3n) is 3.03. The van der Waals surface area contributed by atoms with Gasteiger partial charge in [-0.2, -0.15) is 0 Å². The van der Waals surface area contributed by atoms with Crippen LogP contribution in [-0.2, 0) is 24.1 Å². The van der Waals surface area contributed by atoms with E-state index in [1.165, 1.54) is 4.90 Å². The van der Waals surface area contributed by atoms with Crippen LogP contribution in [-0.4, -0.2) is 52.2 Å². The van der Waals surface area contributed by atoms with Crippen molar-refractivity contribution >= 4 is 21.6 Å². The van der Waals surface area contributed by atoms with Crippen molar-refractivity contribution in [1.29, 1.82) is 4.78 Å². The highest BCUT2D eigenvalue weighted by Gasteiger charge is 2.30. The van der Waals surface area contributed by atoms with Crippen LogP contribution in [0.4, 0.5) is 0 Å². The van der Waals surface area contributed by atoms with Gasteiger partial charge in [0.15, 0.2) is 0 Å². The van der Waals surface area contributed by atoms with Crippen LogP contribution in [0, 0.1) is 4.78 Å². The average molecular weight is 276 g/mol. The van der Waals surface area contributed by atoms with E-state index in [0.29, 0.717) is 18.8 Å². The van der Waals surface area contributed by atoms with E-state index in [-0.39, 0.29) is 36.5 Å². The normalized spacial score (nSPS) is 26.9. The molecule has 1 N–H and O–H groups in total. The maximum absolute atomic E-state index is 11.8. The number of amides is 1. The number of ether oxygens (including phenoxy) is 1. The molecule has 0 aromatic heterocycles. The van der Waals surface area contributed by atoms with Gasteiger partial charge in [0.25, 0.3) is 0 Å². The monoisotopic (exact) mass is 276 g/mol. The summed E-state index contributed by atoms with van der Waals surface area (Å²) in [6.45, 7) is 2.03. The third-order valence-corrected chi connectivity index (χ3v) is 4.85. The van der Waals surface area contributed by atoms with Crippen LogP contribution in [0.3, 0.4) is 0 Å². The zero-order valence-electron chi connectivity index (χ0n) is 10.8. The second-order valence-corrected chi connectivity index (χ2v) is 6.80. The van der Waals surface area contributed by atoms with Gasteiger partial charge in [0, 0.05) is 35.0 Å². The van der Waals surface area contributed by atoms with Crippen molar-refractivity contribution in [2.45, 2.75) is 32.2 Å². The molecule has 7 heteroatoms. The minimum atomic E-state index is -2.50. The van der Waals surface area contributed by atoms with Crippen LogP contribution in [0.1, 0.15) is 26.2 Å². The highest BCUT2D eigenvalue weighted by Crippen LogP contribution is 2.18. The number of hydrogen-bond acceptors (Lipinski definition) is 5. The molecule has 104 valence electrons. The number of hydrogen-bond donors (Lipinski definition) is 1. The molecule has 6 nitrogen and oxygen atoms in total. The van der Waals surface area contributed by atoms with E-state index in [4.69, 9.17) is 9.52 Å². The third kappa shape index (κ3) is 4.29.